The minimum absolute atomic E-state index is 0.160. The number of aromatic nitrogens is 1. The molecule has 0 aliphatic carbocycles. The van der Waals surface area contributed by atoms with Crippen LogP contribution in [0, 0.1) is 6.92 Å². The Morgan fingerprint density at radius 1 is 1.50 bits per heavy atom. The molecule has 1 aromatic rings. The topological polar surface area (TPSA) is 45.1 Å². The lowest BCUT2D eigenvalue weighted by molar-refractivity contribution is 0.157. The summed E-state index contributed by atoms with van der Waals surface area (Å²) in [4.78, 5) is 4.47. The van der Waals surface area contributed by atoms with Crippen molar-refractivity contribution in [3.63, 3.8) is 0 Å². The predicted octanol–water partition coefficient (Wildman–Crippen LogP) is 3.07. The molecule has 2 unspecified atom stereocenters. The first kappa shape index (κ1) is 16.0. The number of hydrogen-bond donors (Lipinski definition) is 2. The first-order chi connectivity index (χ1) is 8.34. The van der Waals surface area contributed by atoms with E-state index in [9.17, 15) is 5.11 Å². The van der Waals surface area contributed by atoms with Crippen LogP contribution in [0.2, 0.25) is 0 Å². The molecule has 1 heterocycles. The van der Waals surface area contributed by atoms with Crippen molar-refractivity contribution in [1.82, 2.24) is 10.3 Å². The molecule has 0 aliphatic heterocycles. The second-order valence-electron chi connectivity index (χ2n) is 5.41. The van der Waals surface area contributed by atoms with Gasteiger partial charge in [-0.25, -0.2) is 4.98 Å². The summed E-state index contributed by atoms with van der Waals surface area (Å²) in [6, 6.07) is 0.376. The summed E-state index contributed by atoms with van der Waals surface area (Å²) in [7, 11) is 0. The molecule has 1 rings (SSSR count). The molecule has 5 heteroatoms. The lowest BCUT2D eigenvalue weighted by Gasteiger charge is -2.33. The average molecular weight is 288 g/mol. The fraction of sp³-hybridized carbons (Fsp3) is 0.769. The van der Waals surface area contributed by atoms with Gasteiger partial charge in [-0.1, -0.05) is 32.5 Å². The van der Waals surface area contributed by atoms with E-state index in [1.165, 1.54) is 0 Å². The highest BCUT2D eigenvalue weighted by Crippen LogP contribution is 2.30. The van der Waals surface area contributed by atoms with E-state index >= 15 is 0 Å². The number of aliphatic hydroxyl groups excluding tert-OH is 1. The minimum Gasteiger partial charge on any atom is -0.394 e. The fourth-order valence-electron chi connectivity index (χ4n) is 2.10. The third-order valence-corrected chi connectivity index (χ3v) is 4.82. The van der Waals surface area contributed by atoms with Crippen molar-refractivity contribution in [3.05, 3.63) is 11.1 Å². The van der Waals surface area contributed by atoms with Gasteiger partial charge in [0.2, 0.25) is 0 Å². The average Bonchev–Trinajstić information content (AvgIpc) is 2.62. The molecule has 2 N–H and O–H groups in total. The normalized spacial score (nSPS) is 16.8. The van der Waals surface area contributed by atoms with Crippen LogP contribution in [0.3, 0.4) is 0 Å². The van der Waals surface area contributed by atoms with Crippen LogP contribution in [0.5, 0.6) is 0 Å². The zero-order chi connectivity index (χ0) is 13.8. The highest BCUT2D eigenvalue weighted by molar-refractivity contribution is 8.01. The molecule has 0 aromatic carbocycles. The van der Waals surface area contributed by atoms with Crippen LogP contribution in [0.4, 0.5) is 0 Å². The van der Waals surface area contributed by atoms with E-state index in [1.807, 2.05) is 6.92 Å². The maximum atomic E-state index is 9.57. The summed E-state index contributed by atoms with van der Waals surface area (Å²) in [5.74, 6) is 0. The molecule has 0 fully saturated rings. The molecular weight excluding hydrogens is 264 g/mol. The molecule has 0 saturated heterocycles. The quantitative estimate of drug-likeness (QED) is 0.757. The van der Waals surface area contributed by atoms with Crippen LogP contribution in [0.25, 0.3) is 0 Å². The van der Waals surface area contributed by atoms with Crippen molar-refractivity contribution in [2.75, 3.05) is 6.61 Å². The van der Waals surface area contributed by atoms with Crippen molar-refractivity contribution in [2.24, 2.45) is 0 Å². The number of thiazole rings is 1. The van der Waals surface area contributed by atoms with E-state index in [0.717, 1.165) is 16.5 Å². The van der Waals surface area contributed by atoms with Crippen LogP contribution in [0.15, 0.2) is 9.72 Å². The van der Waals surface area contributed by atoms with E-state index in [1.54, 1.807) is 23.1 Å². The lowest BCUT2D eigenvalue weighted by atomic mass is 9.96. The fourth-order valence-corrected chi connectivity index (χ4v) is 4.47. The molecular formula is C13H24N2OS2. The van der Waals surface area contributed by atoms with Crippen LogP contribution < -0.4 is 5.32 Å². The zero-order valence-corrected chi connectivity index (χ0v) is 13.5. The molecule has 3 nitrogen and oxygen atoms in total. The Kier molecular flexibility index (Phi) is 6.11. The number of aliphatic hydroxyl groups is 1. The molecule has 0 radical (unpaired) electrons. The van der Waals surface area contributed by atoms with Crippen LogP contribution in [-0.4, -0.2) is 33.5 Å². The van der Waals surface area contributed by atoms with Crippen LogP contribution >= 0.6 is 23.1 Å². The van der Waals surface area contributed by atoms with Crippen molar-refractivity contribution in [3.8, 4) is 0 Å². The van der Waals surface area contributed by atoms with Gasteiger partial charge in [0.05, 0.1) is 6.61 Å². The van der Waals surface area contributed by atoms with Crippen LogP contribution in [-0.2, 0) is 0 Å². The molecule has 1 aromatic heterocycles. The van der Waals surface area contributed by atoms with E-state index in [4.69, 9.17) is 0 Å². The molecule has 0 saturated carbocycles. The summed E-state index contributed by atoms with van der Waals surface area (Å²) in [5.41, 5.74) is 0.868. The van der Waals surface area contributed by atoms with Gasteiger partial charge in [0.1, 0.15) is 4.34 Å². The molecule has 0 aliphatic rings. The number of thioether (sulfide) groups is 1. The van der Waals surface area contributed by atoms with Gasteiger partial charge in [-0.3, -0.25) is 0 Å². The highest BCUT2D eigenvalue weighted by atomic mass is 32.2. The number of hydrogen-bond acceptors (Lipinski definition) is 5. The molecule has 18 heavy (non-hydrogen) atoms. The van der Waals surface area contributed by atoms with Gasteiger partial charge in [0.15, 0.2) is 0 Å². The second-order valence-corrected chi connectivity index (χ2v) is 7.95. The summed E-state index contributed by atoms with van der Waals surface area (Å²) < 4.78 is 1.12. The number of rotatable bonds is 7. The molecule has 0 bridgehead atoms. The van der Waals surface area contributed by atoms with Crippen molar-refractivity contribution in [2.45, 2.75) is 62.2 Å². The Labute approximate surface area is 118 Å². The van der Waals surface area contributed by atoms with E-state index < -0.39 is 0 Å². The van der Waals surface area contributed by atoms with Gasteiger partial charge in [-0.15, -0.1) is 11.3 Å². The Morgan fingerprint density at radius 2 is 2.17 bits per heavy atom. The molecule has 2 atom stereocenters. The maximum absolute atomic E-state index is 9.57. The van der Waals surface area contributed by atoms with Crippen molar-refractivity contribution >= 4 is 23.1 Å². The largest absolute Gasteiger partial charge is 0.394 e. The Hall–Kier alpha value is -0.100. The van der Waals surface area contributed by atoms with Gasteiger partial charge >= 0.3 is 0 Å². The summed E-state index contributed by atoms with van der Waals surface area (Å²) in [5, 5.41) is 15.5. The SMILES string of the molecule is Cc1csc(SC(C)CC(C)(CO)NC(C)C)n1. The monoisotopic (exact) mass is 288 g/mol. The van der Waals surface area contributed by atoms with E-state index in [0.29, 0.717) is 11.3 Å². The van der Waals surface area contributed by atoms with Gasteiger partial charge in [-0.2, -0.15) is 0 Å². The first-order valence-corrected chi connectivity index (χ1v) is 8.08. The van der Waals surface area contributed by atoms with Crippen molar-refractivity contribution < 1.29 is 5.11 Å². The third kappa shape index (κ3) is 5.26. The number of nitrogens with zero attached hydrogens (tertiary/aromatic N) is 1. The van der Waals surface area contributed by atoms with Gasteiger partial charge in [0.25, 0.3) is 0 Å². The van der Waals surface area contributed by atoms with Gasteiger partial charge < -0.3 is 10.4 Å². The second kappa shape index (κ2) is 6.89. The number of aryl methyl sites for hydroxylation is 1. The van der Waals surface area contributed by atoms with Gasteiger partial charge in [0, 0.05) is 27.9 Å². The number of nitrogens with one attached hydrogen (secondary N) is 1. The highest BCUT2D eigenvalue weighted by Gasteiger charge is 2.27. The molecule has 104 valence electrons. The zero-order valence-electron chi connectivity index (χ0n) is 11.9. The standard InChI is InChI=1S/C13H24N2OS2/c1-9(2)15-13(5,8-16)6-11(4)18-12-14-10(3)7-17-12/h7,9,11,15-16H,6,8H2,1-5H3. The third-order valence-electron chi connectivity index (χ3n) is 2.62. The maximum Gasteiger partial charge on any atom is 0.150 e. The summed E-state index contributed by atoms with van der Waals surface area (Å²) in [6.07, 6.45) is 0.922. The Balaban J connectivity index is 2.53. The first-order valence-electron chi connectivity index (χ1n) is 6.32. The summed E-state index contributed by atoms with van der Waals surface area (Å²) >= 11 is 3.48. The van der Waals surface area contributed by atoms with E-state index in [2.05, 4.69) is 43.4 Å². The minimum atomic E-state index is -0.215. The van der Waals surface area contributed by atoms with Crippen LogP contribution in [0.1, 0.15) is 39.8 Å². The molecule has 0 spiro atoms. The summed E-state index contributed by atoms with van der Waals surface area (Å²) in [6.45, 7) is 10.7. The Morgan fingerprint density at radius 3 is 2.61 bits per heavy atom. The van der Waals surface area contributed by atoms with Crippen molar-refractivity contribution in [1.29, 1.82) is 0 Å². The molecule has 0 amide bonds. The lowest BCUT2D eigenvalue weighted by Crippen LogP contribution is -2.50. The Bertz CT molecular complexity index is 368. The smallest absolute Gasteiger partial charge is 0.150 e. The van der Waals surface area contributed by atoms with E-state index in [-0.39, 0.29) is 12.1 Å². The van der Waals surface area contributed by atoms with Gasteiger partial charge in [-0.05, 0) is 20.3 Å². The predicted molar refractivity (Wildman–Crippen MR) is 80.5 cm³/mol.